The zero-order chi connectivity index (χ0) is 14.0. The van der Waals surface area contributed by atoms with Crippen molar-refractivity contribution in [3.8, 4) is 0 Å². The molecular formula is C15H11BrClFO. The summed E-state index contributed by atoms with van der Waals surface area (Å²) in [5, 5.41) is 0.0171. The van der Waals surface area contributed by atoms with Crippen molar-refractivity contribution >= 4 is 33.3 Å². The highest BCUT2D eigenvalue weighted by atomic mass is 79.9. The van der Waals surface area contributed by atoms with Crippen molar-refractivity contribution in [3.63, 3.8) is 0 Å². The monoisotopic (exact) mass is 340 g/mol. The molecule has 1 nitrogen and oxygen atoms in total. The van der Waals surface area contributed by atoms with Gasteiger partial charge in [0.15, 0.2) is 5.78 Å². The lowest BCUT2D eigenvalue weighted by molar-refractivity contribution is 0.0992. The Morgan fingerprint density at radius 1 is 1.26 bits per heavy atom. The number of carbonyl (C=O) groups is 1. The van der Waals surface area contributed by atoms with Crippen molar-refractivity contribution in [1.29, 1.82) is 0 Å². The molecular weight excluding hydrogens is 331 g/mol. The Hall–Kier alpha value is -1.19. The summed E-state index contributed by atoms with van der Waals surface area (Å²) >= 11 is 9.25. The van der Waals surface area contributed by atoms with Gasteiger partial charge in [0.25, 0.3) is 0 Å². The molecule has 2 rings (SSSR count). The van der Waals surface area contributed by atoms with Crippen LogP contribution in [-0.2, 0) is 6.42 Å². The number of Topliss-reactive ketones (excluding diaryl/α,β-unsaturated/α-hetero) is 1. The van der Waals surface area contributed by atoms with Crippen molar-refractivity contribution < 1.29 is 9.18 Å². The minimum Gasteiger partial charge on any atom is -0.294 e. The van der Waals surface area contributed by atoms with E-state index in [4.69, 9.17) is 11.6 Å². The molecule has 0 aromatic heterocycles. The Balaban J connectivity index is 2.31. The molecule has 2 aromatic carbocycles. The molecule has 0 fully saturated rings. The third kappa shape index (κ3) is 3.04. The zero-order valence-electron chi connectivity index (χ0n) is 10.2. The highest BCUT2D eigenvalue weighted by Gasteiger charge is 2.14. The average molecular weight is 342 g/mol. The van der Waals surface area contributed by atoms with Crippen LogP contribution in [0.4, 0.5) is 4.39 Å². The van der Waals surface area contributed by atoms with Crippen molar-refractivity contribution in [2.45, 2.75) is 13.3 Å². The molecule has 0 heterocycles. The summed E-state index contributed by atoms with van der Waals surface area (Å²) in [7, 11) is 0. The van der Waals surface area contributed by atoms with Crippen LogP contribution < -0.4 is 0 Å². The third-order valence-corrected chi connectivity index (χ3v) is 4.23. The Bertz CT molecular complexity index is 640. The molecule has 0 aliphatic carbocycles. The molecule has 0 bridgehead atoms. The second kappa shape index (κ2) is 5.85. The second-order valence-electron chi connectivity index (χ2n) is 4.23. The SMILES string of the molecule is Cc1c(Br)cccc1C(=O)Cc1cccc(F)c1Cl. The van der Waals surface area contributed by atoms with E-state index in [1.54, 1.807) is 24.3 Å². The van der Waals surface area contributed by atoms with Gasteiger partial charge in [0, 0.05) is 16.5 Å². The summed E-state index contributed by atoms with van der Waals surface area (Å²) in [6.07, 6.45) is 0.0912. The van der Waals surface area contributed by atoms with E-state index in [0.29, 0.717) is 11.1 Å². The van der Waals surface area contributed by atoms with Crippen LogP contribution in [0.25, 0.3) is 0 Å². The van der Waals surface area contributed by atoms with E-state index < -0.39 is 5.82 Å². The molecule has 0 amide bonds. The van der Waals surface area contributed by atoms with E-state index in [1.807, 2.05) is 13.0 Å². The lowest BCUT2D eigenvalue weighted by Crippen LogP contribution is -2.06. The van der Waals surface area contributed by atoms with E-state index in [0.717, 1.165) is 10.0 Å². The molecule has 0 radical (unpaired) electrons. The van der Waals surface area contributed by atoms with Crippen molar-refractivity contribution in [3.05, 3.63) is 68.4 Å². The summed E-state index contributed by atoms with van der Waals surface area (Å²) in [5.74, 6) is -0.579. The van der Waals surface area contributed by atoms with E-state index in [2.05, 4.69) is 15.9 Å². The molecule has 0 saturated carbocycles. The predicted molar refractivity (Wildman–Crippen MR) is 78.3 cm³/mol. The normalized spacial score (nSPS) is 10.5. The van der Waals surface area contributed by atoms with Gasteiger partial charge in [0.2, 0.25) is 0 Å². The number of rotatable bonds is 3. The van der Waals surface area contributed by atoms with Crippen molar-refractivity contribution in [2.75, 3.05) is 0 Å². The second-order valence-corrected chi connectivity index (χ2v) is 5.46. The molecule has 0 aliphatic heterocycles. The quantitative estimate of drug-likeness (QED) is 0.720. The number of ketones is 1. The van der Waals surface area contributed by atoms with Gasteiger partial charge >= 0.3 is 0 Å². The highest BCUT2D eigenvalue weighted by Crippen LogP contribution is 2.24. The fourth-order valence-electron chi connectivity index (χ4n) is 1.86. The fraction of sp³-hybridized carbons (Fsp3) is 0.133. The first kappa shape index (κ1) is 14.2. The topological polar surface area (TPSA) is 17.1 Å². The summed E-state index contributed by atoms with van der Waals surface area (Å²) in [6, 6.07) is 9.93. The van der Waals surface area contributed by atoms with E-state index in [9.17, 15) is 9.18 Å². The highest BCUT2D eigenvalue weighted by molar-refractivity contribution is 9.10. The Morgan fingerprint density at radius 2 is 1.95 bits per heavy atom. The maximum absolute atomic E-state index is 13.3. The maximum atomic E-state index is 13.3. The van der Waals surface area contributed by atoms with E-state index in [1.165, 1.54) is 6.07 Å². The number of hydrogen-bond donors (Lipinski definition) is 0. The molecule has 4 heteroatoms. The van der Waals surface area contributed by atoms with Crippen LogP contribution >= 0.6 is 27.5 Å². The lowest BCUT2D eigenvalue weighted by Gasteiger charge is -2.08. The van der Waals surface area contributed by atoms with Crippen LogP contribution in [0.1, 0.15) is 21.5 Å². The van der Waals surface area contributed by atoms with Crippen LogP contribution in [0, 0.1) is 12.7 Å². The smallest absolute Gasteiger partial charge is 0.167 e. The first-order valence-corrected chi connectivity index (χ1v) is 6.89. The summed E-state index contributed by atoms with van der Waals surface area (Å²) in [5.41, 5.74) is 2.00. The van der Waals surface area contributed by atoms with Crippen molar-refractivity contribution in [2.24, 2.45) is 0 Å². The summed E-state index contributed by atoms with van der Waals surface area (Å²) < 4.78 is 14.2. The average Bonchev–Trinajstić information content (AvgIpc) is 2.38. The van der Waals surface area contributed by atoms with Gasteiger partial charge in [-0.15, -0.1) is 0 Å². The Kier molecular flexibility index (Phi) is 4.38. The Labute approximate surface area is 124 Å². The van der Waals surface area contributed by atoms with Gasteiger partial charge in [-0.05, 0) is 30.2 Å². The number of halogens is 3. The standard InChI is InChI=1S/C15H11BrClFO/c1-9-11(5-3-6-12(9)16)14(19)8-10-4-2-7-13(18)15(10)17/h2-7H,8H2,1H3. The summed E-state index contributed by atoms with van der Waals surface area (Å²) in [4.78, 5) is 12.2. The molecule has 0 atom stereocenters. The van der Waals surface area contributed by atoms with Crippen LogP contribution in [-0.4, -0.2) is 5.78 Å². The maximum Gasteiger partial charge on any atom is 0.167 e. The molecule has 19 heavy (non-hydrogen) atoms. The first-order valence-electron chi connectivity index (χ1n) is 5.72. The minimum atomic E-state index is -0.502. The predicted octanol–water partition coefficient (Wildman–Crippen LogP) is 4.98. The largest absolute Gasteiger partial charge is 0.294 e. The van der Waals surface area contributed by atoms with Gasteiger partial charge in [-0.2, -0.15) is 0 Å². The zero-order valence-corrected chi connectivity index (χ0v) is 12.6. The van der Waals surface area contributed by atoms with E-state index >= 15 is 0 Å². The first-order chi connectivity index (χ1) is 9.00. The van der Waals surface area contributed by atoms with Gasteiger partial charge in [-0.3, -0.25) is 4.79 Å². The minimum absolute atomic E-state index is 0.0171. The molecule has 0 spiro atoms. The Morgan fingerprint density at radius 3 is 2.68 bits per heavy atom. The van der Waals surface area contributed by atoms with Crippen LogP contribution in [0.5, 0.6) is 0 Å². The van der Waals surface area contributed by atoms with Gasteiger partial charge in [0.05, 0.1) is 5.02 Å². The van der Waals surface area contributed by atoms with Crippen LogP contribution in [0.3, 0.4) is 0 Å². The molecule has 0 unspecified atom stereocenters. The van der Waals surface area contributed by atoms with Gasteiger partial charge in [-0.1, -0.05) is 51.8 Å². The third-order valence-electron chi connectivity index (χ3n) is 2.95. The fourth-order valence-corrected chi connectivity index (χ4v) is 2.42. The number of benzene rings is 2. The lowest BCUT2D eigenvalue weighted by atomic mass is 9.99. The van der Waals surface area contributed by atoms with Crippen LogP contribution in [0.2, 0.25) is 5.02 Å². The number of hydrogen-bond acceptors (Lipinski definition) is 1. The molecule has 98 valence electrons. The van der Waals surface area contributed by atoms with Crippen molar-refractivity contribution in [1.82, 2.24) is 0 Å². The molecule has 2 aromatic rings. The van der Waals surface area contributed by atoms with E-state index in [-0.39, 0.29) is 17.2 Å². The summed E-state index contributed by atoms with van der Waals surface area (Å²) in [6.45, 7) is 1.87. The van der Waals surface area contributed by atoms with Gasteiger partial charge in [-0.25, -0.2) is 4.39 Å². The van der Waals surface area contributed by atoms with Crippen LogP contribution in [0.15, 0.2) is 40.9 Å². The molecule has 0 aliphatic rings. The van der Waals surface area contributed by atoms with Gasteiger partial charge in [0.1, 0.15) is 5.82 Å². The van der Waals surface area contributed by atoms with Gasteiger partial charge < -0.3 is 0 Å². The molecule has 0 N–H and O–H groups in total. The molecule has 0 saturated heterocycles. The number of carbonyl (C=O) groups excluding carboxylic acids is 1.